The van der Waals surface area contributed by atoms with Gasteiger partial charge in [0, 0.05) is 30.1 Å². The van der Waals surface area contributed by atoms with Gasteiger partial charge in [-0.1, -0.05) is 24.3 Å². The predicted molar refractivity (Wildman–Crippen MR) is 93.4 cm³/mol. The number of urea groups is 1. The predicted octanol–water partition coefficient (Wildman–Crippen LogP) is 2.87. The number of thiazole rings is 1. The molecule has 2 atom stereocenters. The van der Waals surface area contributed by atoms with E-state index in [1.54, 1.807) is 11.3 Å². The Balaban J connectivity index is 1.39. The minimum atomic E-state index is -0.0777. The maximum atomic E-state index is 12.7. The Labute approximate surface area is 145 Å². The maximum Gasteiger partial charge on any atom is 0.318 e. The first-order valence-corrected chi connectivity index (χ1v) is 9.22. The van der Waals surface area contributed by atoms with Crippen LogP contribution in [0.5, 0.6) is 0 Å². The lowest BCUT2D eigenvalue weighted by atomic mass is 9.78. The zero-order valence-electron chi connectivity index (χ0n) is 13.7. The third-order valence-corrected chi connectivity index (χ3v) is 5.84. The zero-order valence-corrected chi connectivity index (χ0v) is 14.5. The molecular formula is C18H21N3O2S. The fraction of sp³-hybridized carbons (Fsp3) is 0.444. The number of carbonyl (C=O) groups is 1. The molecular weight excluding hydrogens is 322 g/mol. The summed E-state index contributed by atoms with van der Waals surface area (Å²) < 4.78 is 5.58. The molecule has 24 heavy (non-hydrogen) atoms. The average Bonchev–Trinajstić information content (AvgIpc) is 3.02. The van der Waals surface area contributed by atoms with Gasteiger partial charge < -0.3 is 15.0 Å². The highest BCUT2D eigenvalue weighted by Gasteiger charge is 2.32. The van der Waals surface area contributed by atoms with Gasteiger partial charge in [-0.25, -0.2) is 9.78 Å². The molecule has 1 aliphatic heterocycles. The zero-order chi connectivity index (χ0) is 16.5. The minimum absolute atomic E-state index is 0.0134. The van der Waals surface area contributed by atoms with E-state index in [0.717, 1.165) is 17.1 Å². The van der Waals surface area contributed by atoms with Gasteiger partial charge in [-0.15, -0.1) is 11.3 Å². The van der Waals surface area contributed by atoms with Crippen LogP contribution >= 0.6 is 11.3 Å². The van der Waals surface area contributed by atoms with Gasteiger partial charge in [0.25, 0.3) is 0 Å². The summed E-state index contributed by atoms with van der Waals surface area (Å²) >= 11 is 1.60. The number of hydrogen-bond donors (Lipinski definition) is 1. The highest BCUT2D eigenvalue weighted by atomic mass is 32.1. The van der Waals surface area contributed by atoms with Crippen molar-refractivity contribution in [1.29, 1.82) is 0 Å². The quantitative estimate of drug-likeness (QED) is 0.932. The van der Waals surface area contributed by atoms with Crippen LogP contribution in [0, 0.1) is 6.92 Å². The Kier molecular flexibility index (Phi) is 4.24. The van der Waals surface area contributed by atoms with E-state index in [-0.39, 0.29) is 12.1 Å². The first kappa shape index (κ1) is 15.6. The van der Waals surface area contributed by atoms with Crippen molar-refractivity contribution in [2.75, 3.05) is 26.3 Å². The molecule has 1 saturated heterocycles. The molecule has 2 aliphatic rings. The smallest absolute Gasteiger partial charge is 0.318 e. The van der Waals surface area contributed by atoms with Crippen LogP contribution in [0.25, 0.3) is 0 Å². The molecule has 126 valence electrons. The Bertz CT molecular complexity index is 745. The Morgan fingerprint density at radius 1 is 1.46 bits per heavy atom. The van der Waals surface area contributed by atoms with Gasteiger partial charge in [-0.05, 0) is 24.5 Å². The van der Waals surface area contributed by atoms with Gasteiger partial charge in [0.1, 0.15) is 11.0 Å². The fourth-order valence-corrected chi connectivity index (χ4v) is 4.33. The number of fused-ring (bicyclic) bond motifs is 1. The van der Waals surface area contributed by atoms with E-state index in [0.29, 0.717) is 32.2 Å². The molecule has 1 aromatic heterocycles. The Morgan fingerprint density at radius 2 is 2.33 bits per heavy atom. The van der Waals surface area contributed by atoms with Crippen molar-refractivity contribution in [2.45, 2.75) is 25.3 Å². The third-order valence-electron chi connectivity index (χ3n) is 4.77. The van der Waals surface area contributed by atoms with E-state index in [9.17, 15) is 4.79 Å². The van der Waals surface area contributed by atoms with Gasteiger partial charge in [0.15, 0.2) is 0 Å². The van der Waals surface area contributed by atoms with Crippen molar-refractivity contribution in [3.8, 4) is 0 Å². The monoisotopic (exact) mass is 343 g/mol. The molecule has 0 spiro atoms. The van der Waals surface area contributed by atoms with Crippen molar-refractivity contribution in [1.82, 2.24) is 15.2 Å². The number of ether oxygens (including phenoxy) is 1. The van der Waals surface area contributed by atoms with Crippen molar-refractivity contribution in [2.24, 2.45) is 0 Å². The van der Waals surface area contributed by atoms with Gasteiger partial charge in [0.2, 0.25) is 0 Å². The molecule has 1 aliphatic carbocycles. The second kappa shape index (κ2) is 6.53. The van der Waals surface area contributed by atoms with Crippen molar-refractivity contribution < 1.29 is 9.53 Å². The maximum absolute atomic E-state index is 12.7. The molecule has 2 amide bonds. The summed E-state index contributed by atoms with van der Waals surface area (Å²) in [5.41, 5.74) is 3.76. The molecule has 0 radical (unpaired) electrons. The molecule has 2 aromatic rings. The van der Waals surface area contributed by atoms with Crippen LogP contribution in [0.3, 0.4) is 0 Å². The summed E-state index contributed by atoms with van der Waals surface area (Å²) in [6.07, 6.45) is 1.05. The normalized spacial score (nSPS) is 22.6. The molecule has 0 bridgehead atoms. The second-order valence-corrected chi connectivity index (χ2v) is 7.29. The van der Waals surface area contributed by atoms with Crippen LogP contribution in [0.4, 0.5) is 4.79 Å². The highest BCUT2D eigenvalue weighted by Crippen LogP contribution is 2.34. The second-order valence-electron chi connectivity index (χ2n) is 6.40. The van der Waals surface area contributed by atoms with Gasteiger partial charge in [-0.3, -0.25) is 0 Å². The van der Waals surface area contributed by atoms with E-state index < -0.39 is 0 Å². The summed E-state index contributed by atoms with van der Waals surface area (Å²) in [5.74, 6) is 0.437. The lowest BCUT2D eigenvalue weighted by Gasteiger charge is -2.36. The number of nitrogens with zero attached hydrogens (tertiary/aromatic N) is 2. The summed E-state index contributed by atoms with van der Waals surface area (Å²) in [4.78, 5) is 19.1. The van der Waals surface area contributed by atoms with E-state index in [2.05, 4.69) is 34.6 Å². The van der Waals surface area contributed by atoms with Crippen LogP contribution in [0.1, 0.15) is 33.8 Å². The molecule has 2 heterocycles. The fourth-order valence-electron chi connectivity index (χ4n) is 3.43. The lowest BCUT2D eigenvalue weighted by Crippen LogP contribution is -2.49. The van der Waals surface area contributed by atoms with Crippen LogP contribution < -0.4 is 5.32 Å². The molecule has 5 nitrogen and oxygen atoms in total. The van der Waals surface area contributed by atoms with Crippen LogP contribution in [-0.4, -0.2) is 42.2 Å². The van der Waals surface area contributed by atoms with Crippen LogP contribution in [0.15, 0.2) is 29.6 Å². The minimum Gasteiger partial charge on any atom is -0.377 e. The van der Waals surface area contributed by atoms with E-state index in [1.807, 2.05) is 17.2 Å². The Hall–Kier alpha value is -1.92. The number of carbonyl (C=O) groups excluding carboxylic acids is 1. The van der Waals surface area contributed by atoms with E-state index >= 15 is 0 Å². The molecule has 1 fully saturated rings. The molecule has 6 heteroatoms. The van der Waals surface area contributed by atoms with Crippen LogP contribution in [-0.2, 0) is 11.2 Å². The van der Waals surface area contributed by atoms with Crippen LogP contribution in [0.2, 0.25) is 0 Å². The Morgan fingerprint density at radius 3 is 3.12 bits per heavy atom. The number of morpholine rings is 1. The van der Waals surface area contributed by atoms with E-state index in [4.69, 9.17) is 4.74 Å². The number of nitrogens with one attached hydrogen (secondary N) is 1. The standard InChI is InChI=1S/C18H21N3O2S/c1-12-11-24-17(20-12)16-10-23-7-6-21(16)18(22)19-9-14-8-13-4-2-3-5-15(13)14/h2-5,11,14,16H,6-10H2,1H3,(H,19,22)/t14-,16+/m0/s1. The first-order valence-electron chi connectivity index (χ1n) is 8.34. The summed E-state index contributed by atoms with van der Waals surface area (Å²) in [6, 6.07) is 8.37. The first-order chi connectivity index (χ1) is 11.7. The topological polar surface area (TPSA) is 54.5 Å². The molecule has 0 unspecified atom stereocenters. The summed E-state index contributed by atoms with van der Waals surface area (Å²) in [5, 5.41) is 6.08. The molecule has 0 saturated carbocycles. The third kappa shape index (κ3) is 2.91. The number of benzene rings is 1. The average molecular weight is 343 g/mol. The van der Waals surface area contributed by atoms with Gasteiger partial charge >= 0.3 is 6.03 Å². The van der Waals surface area contributed by atoms with E-state index in [1.165, 1.54) is 11.1 Å². The number of amides is 2. The summed E-state index contributed by atoms with van der Waals surface area (Å²) in [6.45, 7) is 4.38. The molecule has 4 rings (SSSR count). The SMILES string of the molecule is Cc1csc([C@H]2COCCN2C(=O)NC[C@@H]2Cc3ccccc32)n1. The molecule has 1 N–H and O–H groups in total. The number of aryl methyl sites for hydroxylation is 1. The highest BCUT2D eigenvalue weighted by molar-refractivity contribution is 7.09. The largest absolute Gasteiger partial charge is 0.377 e. The van der Waals surface area contributed by atoms with Gasteiger partial charge in [-0.2, -0.15) is 0 Å². The number of hydrogen-bond acceptors (Lipinski definition) is 4. The van der Waals surface area contributed by atoms with Crippen molar-refractivity contribution in [3.63, 3.8) is 0 Å². The number of rotatable bonds is 3. The lowest BCUT2D eigenvalue weighted by molar-refractivity contribution is 0.0115. The van der Waals surface area contributed by atoms with Crippen molar-refractivity contribution in [3.05, 3.63) is 51.5 Å². The number of aromatic nitrogens is 1. The summed E-state index contributed by atoms with van der Waals surface area (Å²) in [7, 11) is 0. The van der Waals surface area contributed by atoms with Gasteiger partial charge in [0.05, 0.1) is 13.2 Å². The van der Waals surface area contributed by atoms with Crippen molar-refractivity contribution >= 4 is 17.4 Å². The molecule has 1 aromatic carbocycles.